The Kier molecular flexibility index (Phi) is 8.69. The first-order chi connectivity index (χ1) is 14.6. The van der Waals surface area contributed by atoms with Crippen molar-refractivity contribution >= 4 is 55.4 Å². The number of nitro benzene ring substituents is 1. The molecule has 0 aromatic heterocycles. The highest BCUT2D eigenvalue weighted by atomic mass is 79.9. The molecule has 0 aliphatic carbocycles. The summed E-state index contributed by atoms with van der Waals surface area (Å²) in [5.41, 5.74) is 0.349. The van der Waals surface area contributed by atoms with Gasteiger partial charge in [-0.15, -0.1) is 0 Å². The van der Waals surface area contributed by atoms with Gasteiger partial charge in [-0.1, -0.05) is 44.0 Å². The van der Waals surface area contributed by atoms with E-state index >= 15 is 0 Å². The number of non-ortho nitro benzene ring substituents is 1. The van der Waals surface area contributed by atoms with E-state index < -0.39 is 34.7 Å². The minimum atomic E-state index is -1.49. The number of hydrogen-bond acceptors (Lipinski definition) is 6. The van der Waals surface area contributed by atoms with Crippen LogP contribution in [0.4, 0.5) is 5.69 Å². The lowest BCUT2D eigenvalue weighted by atomic mass is 9.88. The molecule has 2 rings (SSSR count). The third-order valence-electron chi connectivity index (χ3n) is 4.30. The molecule has 0 heterocycles. The lowest BCUT2D eigenvalue weighted by Gasteiger charge is -2.25. The Morgan fingerprint density at radius 2 is 1.71 bits per heavy atom. The number of carboxylic acids is 1. The molecule has 0 aliphatic heterocycles. The van der Waals surface area contributed by atoms with E-state index in [4.69, 9.17) is 4.74 Å². The van der Waals surface area contributed by atoms with Gasteiger partial charge in [0.05, 0.1) is 18.0 Å². The minimum Gasteiger partial charge on any atom is -0.480 e. The summed E-state index contributed by atoms with van der Waals surface area (Å²) >= 11 is 6.54. The van der Waals surface area contributed by atoms with Gasteiger partial charge in [0.25, 0.3) is 11.6 Å². The Bertz CT molecular complexity index is 975. The van der Waals surface area contributed by atoms with Crippen LogP contribution in [0.15, 0.2) is 51.4 Å². The summed E-state index contributed by atoms with van der Waals surface area (Å²) in [6, 6.07) is 8.40. The van der Waals surface area contributed by atoms with Crippen molar-refractivity contribution in [2.75, 3.05) is 6.61 Å². The van der Waals surface area contributed by atoms with Crippen LogP contribution in [0.5, 0.6) is 0 Å². The Morgan fingerprint density at radius 3 is 2.19 bits per heavy atom. The van der Waals surface area contributed by atoms with E-state index in [0.717, 1.165) is 0 Å². The second-order valence-corrected chi connectivity index (χ2v) is 8.24. The van der Waals surface area contributed by atoms with Crippen molar-refractivity contribution < 1.29 is 29.2 Å². The minimum absolute atomic E-state index is 0.0992. The van der Waals surface area contributed by atoms with Crippen LogP contribution in [0.25, 0.3) is 0 Å². The molecule has 0 saturated carbocycles. The summed E-state index contributed by atoms with van der Waals surface area (Å²) in [6.45, 7) is 1.71. The van der Waals surface area contributed by atoms with E-state index in [1.54, 1.807) is 13.0 Å². The number of nitrogens with one attached hydrogen (secondary N) is 1. The van der Waals surface area contributed by atoms with Crippen molar-refractivity contribution in [1.29, 1.82) is 0 Å². The summed E-state index contributed by atoms with van der Waals surface area (Å²) in [4.78, 5) is 47.2. The zero-order valence-corrected chi connectivity index (χ0v) is 19.4. The summed E-state index contributed by atoms with van der Waals surface area (Å²) in [5, 5.41) is 23.2. The highest BCUT2D eigenvalue weighted by Gasteiger charge is 2.34. The molecular weight excluding hydrogens is 540 g/mol. The van der Waals surface area contributed by atoms with E-state index in [2.05, 4.69) is 37.2 Å². The maximum absolute atomic E-state index is 12.7. The summed E-state index contributed by atoms with van der Waals surface area (Å²) < 4.78 is 6.16. The molecule has 2 aromatic carbocycles. The molecule has 0 radical (unpaired) electrons. The van der Waals surface area contributed by atoms with Gasteiger partial charge in [0, 0.05) is 32.6 Å². The molecule has 164 valence electrons. The standard InChI is InChI=1S/C20H18Br2N2O7/c1-2-31-17(25)10-16(11-3-5-15(6-4-11)24(29)30)18(20(27)28)23-19(26)12-7-13(21)9-14(22)8-12/h3-9,16,18H,2,10H2,1H3,(H,23,26)(H,27,28)/t16-,18-/m1/s1. The number of rotatable bonds is 9. The topological polar surface area (TPSA) is 136 Å². The number of aliphatic carboxylic acids is 1. The second-order valence-electron chi connectivity index (χ2n) is 6.41. The monoisotopic (exact) mass is 556 g/mol. The van der Waals surface area contributed by atoms with Gasteiger partial charge < -0.3 is 15.2 Å². The number of benzene rings is 2. The number of hydrogen-bond donors (Lipinski definition) is 2. The van der Waals surface area contributed by atoms with Crippen molar-refractivity contribution in [3.8, 4) is 0 Å². The fourth-order valence-corrected chi connectivity index (χ4v) is 4.21. The summed E-state index contributed by atoms with van der Waals surface area (Å²) in [7, 11) is 0. The Morgan fingerprint density at radius 1 is 1.13 bits per heavy atom. The molecule has 2 atom stereocenters. The van der Waals surface area contributed by atoms with Crippen molar-refractivity contribution in [1.82, 2.24) is 5.32 Å². The van der Waals surface area contributed by atoms with Gasteiger partial charge in [-0.05, 0) is 30.7 Å². The number of ether oxygens (including phenoxy) is 1. The smallest absolute Gasteiger partial charge is 0.326 e. The second kappa shape index (κ2) is 11.0. The van der Waals surface area contributed by atoms with Crippen LogP contribution in [0, 0.1) is 10.1 Å². The fourth-order valence-electron chi connectivity index (χ4n) is 2.91. The molecule has 0 fully saturated rings. The highest BCUT2D eigenvalue weighted by molar-refractivity contribution is 9.11. The van der Waals surface area contributed by atoms with E-state index in [-0.39, 0.29) is 24.3 Å². The Labute approximate surface area is 194 Å². The van der Waals surface area contributed by atoms with Crippen LogP contribution in [0.3, 0.4) is 0 Å². The first kappa shape index (κ1) is 24.5. The molecule has 11 heteroatoms. The number of carbonyl (C=O) groups is 3. The lowest BCUT2D eigenvalue weighted by Crippen LogP contribution is -2.45. The molecule has 1 amide bonds. The molecule has 9 nitrogen and oxygen atoms in total. The largest absolute Gasteiger partial charge is 0.480 e. The predicted molar refractivity (Wildman–Crippen MR) is 118 cm³/mol. The number of nitrogens with zero attached hydrogens (tertiary/aromatic N) is 1. The van der Waals surface area contributed by atoms with Crippen LogP contribution >= 0.6 is 31.9 Å². The maximum Gasteiger partial charge on any atom is 0.326 e. The summed E-state index contributed by atoms with van der Waals surface area (Å²) in [5.74, 6) is -3.70. The van der Waals surface area contributed by atoms with E-state index in [1.165, 1.54) is 36.4 Å². The van der Waals surface area contributed by atoms with E-state index in [0.29, 0.717) is 14.5 Å². The zero-order valence-electron chi connectivity index (χ0n) is 16.2. The predicted octanol–water partition coefficient (Wildman–Crippen LogP) is 4.04. The molecule has 0 unspecified atom stereocenters. The molecular formula is C20H18Br2N2O7. The van der Waals surface area contributed by atoms with Crippen LogP contribution in [0.2, 0.25) is 0 Å². The van der Waals surface area contributed by atoms with E-state index in [9.17, 15) is 29.6 Å². The first-order valence-electron chi connectivity index (χ1n) is 9.02. The van der Waals surface area contributed by atoms with Gasteiger partial charge in [0.1, 0.15) is 6.04 Å². The number of carbonyl (C=O) groups excluding carboxylic acids is 2. The normalized spacial score (nSPS) is 12.5. The first-order valence-corrected chi connectivity index (χ1v) is 10.6. The average molecular weight is 558 g/mol. The Hall–Kier alpha value is -2.79. The van der Waals surface area contributed by atoms with Gasteiger partial charge in [-0.2, -0.15) is 0 Å². The highest BCUT2D eigenvalue weighted by Crippen LogP contribution is 2.27. The molecule has 0 aliphatic rings. The number of amides is 1. The van der Waals surface area contributed by atoms with Crippen molar-refractivity contribution in [3.63, 3.8) is 0 Å². The van der Waals surface area contributed by atoms with Crippen molar-refractivity contribution in [2.45, 2.75) is 25.3 Å². The molecule has 31 heavy (non-hydrogen) atoms. The quantitative estimate of drug-likeness (QED) is 0.270. The van der Waals surface area contributed by atoms with E-state index in [1.807, 2.05) is 0 Å². The SMILES string of the molecule is CCOC(=O)C[C@H](c1ccc([N+](=O)[O-])cc1)[C@@H](NC(=O)c1cc(Br)cc(Br)c1)C(=O)O. The lowest BCUT2D eigenvalue weighted by molar-refractivity contribution is -0.384. The van der Waals surface area contributed by atoms with Gasteiger partial charge in [-0.3, -0.25) is 19.7 Å². The number of halogens is 2. The molecule has 0 bridgehead atoms. The fraction of sp³-hybridized carbons (Fsp3) is 0.250. The van der Waals surface area contributed by atoms with Crippen LogP contribution < -0.4 is 5.32 Å². The number of esters is 1. The number of carboxylic acid groups (broad SMARTS) is 1. The third-order valence-corrected chi connectivity index (χ3v) is 5.22. The number of nitro groups is 1. The summed E-state index contributed by atoms with van der Waals surface area (Å²) in [6.07, 6.45) is -0.342. The van der Waals surface area contributed by atoms with Gasteiger partial charge >= 0.3 is 11.9 Å². The zero-order chi connectivity index (χ0) is 23.1. The maximum atomic E-state index is 12.7. The van der Waals surface area contributed by atoms with Gasteiger partial charge in [-0.25, -0.2) is 4.79 Å². The van der Waals surface area contributed by atoms with Gasteiger partial charge in [0.15, 0.2) is 0 Å². The molecule has 0 saturated heterocycles. The van der Waals surface area contributed by atoms with Crippen LogP contribution in [0.1, 0.15) is 35.2 Å². The van der Waals surface area contributed by atoms with Gasteiger partial charge in [0.2, 0.25) is 0 Å². The van der Waals surface area contributed by atoms with Crippen LogP contribution in [-0.4, -0.2) is 40.5 Å². The molecule has 0 spiro atoms. The average Bonchev–Trinajstić information content (AvgIpc) is 2.69. The molecule has 2 N–H and O–H groups in total. The molecule has 2 aromatic rings. The van der Waals surface area contributed by atoms with Crippen LogP contribution in [-0.2, 0) is 14.3 Å². The third kappa shape index (κ3) is 6.86. The Balaban J connectivity index is 2.40. The van der Waals surface area contributed by atoms with Crippen molar-refractivity contribution in [3.05, 3.63) is 72.7 Å². The van der Waals surface area contributed by atoms with Crippen molar-refractivity contribution in [2.24, 2.45) is 0 Å².